The van der Waals surface area contributed by atoms with Crippen molar-refractivity contribution in [1.82, 2.24) is 9.88 Å². The Hall–Kier alpha value is -3.97. The molecule has 0 unspecified atom stereocenters. The molecule has 0 amide bonds. The van der Waals surface area contributed by atoms with Crippen LogP contribution in [-0.4, -0.2) is 57.4 Å². The lowest BCUT2D eigenvalue weighted by atomic mass is 9.84. The zero-order valence-corrected chi connectivity index (χ0v) is 22.7. The third-order valence-electron chi connectivity index (χ3n) is 6.34. The van der Waals surface area contributed by atoms with Gasteiger partial charge in [0, 0.05) is 36.1 Å². The van der Waals surface area contributed by atoms with Gasteiger partial charge in [-0.2, -0.15) is 5.26 Å². The molecule has 0 atom stereocenters. The molecule has 10 nitrogen and oxygen atoms in total. The minimum absolute atomic E-state index is 0.0313. The molecule has 3 N–H and O–H groups in total. The van der Waals surface area contributed by atoms with E-state index in [1.54, 1.807) is 23.1 Å². The van der Waals surface area contributed by atoms with Crippen molar-refractivity contribution < 1.29 is 29.3 Å². The van der Waals surface area contributed by atoms with Crippen LogP contribution in [0, 0.1) is 16.7 Å². The van der Waals surface area contributed by atoms with Gasteiger partial charge in [-0.1, -0.05) is 26.8 Å². The number of pyridine rings is 1. The minimum atomic E-state index is -0.853. The summed E-state index contributed by atoms with van der Waals surface area (Å²) < 4.78 is 12.1. The van der Waals surface area contributed by atoms with Crippen LogP contribution in [0.15, 0.2) is 24.3 Å². The highest BCUT2D eigenvalue weighted by Crippen LogP contribution is 2.40. The fraction of sp³-hybridized carbons (Fsp3) is 0.483. The van der Waals surface area contributed by atoms with Crippen molar-refractivity contribution in [3.63, 3.8) is 0 Å². The summed E-state index contributed by atoms with van der Waals surface area (Å²) in [6.07, 6.45) is 1.94. The number of ketones is 1. The summed E-state index contributed by atoms with van der Waals surface area (Å²) in [5.41, 5.74) is 2.56. The van der Waals surface area contributed by atoms with Crippen LogP contribution in [0.4, 0.5) is 0 Å². The number of nitriles is 1. The van der Waals surface area contributed by atoms with Gasteiger partial charge in [0.05, 0.1) is 38.1 Å². The number of unbranched alkanes of at least 4 members (excludes halogenated alkanes) is 2. The summed E-state index contributed by atoms with van der Waals surface area (Å²) in [7, 11) is 0. The van der Waals surface area contributed by atoms with Crippen LogP contribution in [0.2, 0.25) is 0 Å². The molecule has 0 aliphatic carbocycles. The van der Waals surface area contributed by atoms with Gasteiger partial charge in [-0.3, -0.25) is 15.0 Å². The Morgan fingerprint density at radius 2 is 1.90 bits per heavy atom. The molecule has 39 heavy (non-hydrogen) atoms. The number of hydrogen-bond donors (Lipinski definition) is 3. The number of carbonyl (C=O) groups is 2. The van der Waals surface area contributed by atoms with E-state index in [1.807, 2.05) is 26.8 Å². The van der Waals surface area contributed by atoms with E-state index < -0.39 is 11.4 Å². The van der Waals surface area contributed by atoms with Crippen molar-refractivity contribution in [3.05, 3.63) is 52.3 Å². The number of benzene rings is 1. The first kappa shape index (κ1) is 29.6. The lowest BCUT2D eigenvalue weighted by molar-refractivity contribution is -0.137. The van der Waals surface area contributed by atoms with E-state index in [2.05, 4.69) is 11.1 Å². The fourth-order valence-electron chi connectivity index (χ4n) is 4.25. The molecule has 1 aromatic carbocycles. The summed E-state index contributed by atoms with van der Waals surface area (Å²) in [4.78, 5) is 30.3. The predicted octanol–water partition coefficient (Wildman–Crippen LogP) is 4.21. The number of aliphatic hydroxyl groups excluding tert-OH is 1. The first-order valence-corrected chi connectivity index (χ1v) is 13.0. The molecular weight excluding hydrogens is 500 g/mol. The van der Waals surface area contributed by atoms with Gasteiger partial charge in [-0.05, 0) is 42.9 Å². The monoisotopic (exact) mass is 536 g/mol. The number of carboxylic acids is 1. The summed E-state index contributed by atoms with van der Waals surface area (Å²) in [5, 5.41) is 35.7. The van der Waals surface area contributed by atoms with Gasteiger partial charge in [0.25, 0.3) is 0 Å². The van der Waals surface area contributed by atoms with E-state index in [0.29, 0.717) is 67.3 Å². The van der Waals surface area contributed by atoms with Crippen LogP contribution in [0.5, 0.6) is 11.5 Å². The number of nitrogens with zero attached hydrogens (tertiary/aromatic N) is 3. The van der Waals surface area contributed by atoms with E-state index in [1.165, 1.54) is 0 Å². The molecule has 0 saturated heterocycles. The lowest BCUT2D eigenvalue weighted by Gasteiger charge is -2.26. The van der Waals surface area contributed by atoms with Gasteiger partial charge in [0.2, 0.25) is 0 Å². The maximum Gasteiger partial charge on any atom is 0.303 e. The number of amidine groups is 1. The maximum absolute atomic E-state index is 13.5. The van der Waals surface area contributed by atoms with Gasteiger partial charge in [0.15, 0.2) is 17.3 Å². The van der Waals surface area contributed by atoms with Crippen LogP contribution < -0.4 is 9.47 Å². The Morgan fingerprint density at radius 3 is 2.56 bits per heavy atom. The minimum Gasteiger partial charge on any atom is -0.490 e. The average Bonchev–Trinajstić information content (AvgIpc) is 3.19. The fourth-order valence-corrected chi connectivity index (χ4v) is 4.25. The number of aromatic nitrogens is 1. The van der Waals surface area contributed by atoms with Gasteiger partial charge < -0.3 is 24.6 Å². The third-order valence-corrected chi connectivity index (χ3v) is 6.34. The quantitative estimate of drug-likeness (QED) is 0.238. The van der Waals surface area contributed by atoms with E-state index in [9.17, 15) is 14.7 Å². The number of ether oxygens (including phenoxy) is 2. The van der Waals surface area contributed by atoms with E-state index in [0.717, 1.165) is 11.1 Å². The molecule has 1 aliphatic rings. The van der Waals surface area contributed by atoms with Crippen molar-refractivity contribution in [3.8, 4) is 17.6 Å². The van der Waals surface area contributed by atoms with Gasteiger partial charge in [-0.15, -0.1) is 0 Å². The summed E-state index contributed by atoms with van der Waals surface area (Å²) in [5.74, 6) is -0.00718. The van der Waals surface area contributed by atoms with Crippen LogP contribution in [-0.2, 0) is 23.4 Å². The zero-order valence-electron chi connectivity index (χ0n) is 22.7. The van der Waals surface area contributed by atoms with Crippen molar-refractivity contribution in [1.29, 1.82) is 10.7 Å². The standard InChI is InChI=1S/C29H36N4O6/c1-29(2,3)22-14-20(23(35)17-33-16-19-9-10-21(18-34)32-26(19)28(33)31)15-24(38-12-7-5-11-30)27(22)39-13-6-4-8-25(36)37/h9-10,14-15,31,34H,4-8,12-13,16-18H2,1-3H3,(H,36,37). The lowest BCUT2D eigenvalue weighted by Crippen LogP contribution is -2.30. The molecular formula is C29H36N4O6. The first-order valence-electron chi connectivity index (χ1n) is 13.0. The number of carbonyl (C=O) groups excluding carboxylic acids is 1. The molecule has 0 saturated carbocycles. The smallest absolute Gasteiger partial charge is 0.303 e. The normalized spacial score (nSPS) is 12.7. The molecule has 0 radical (unpaired) electrons. The highest BCUT2D eigenvalue weighted by Gasteiger charge is 2.30. The van der Waals surface area contributed by atoms with Crippen LogP contribution in [0.1, 0.15) is 85.7 Å². The second-order valence-electron chi connectivity index (χ2n) is 10.5. The van der Waals surface area contributed by atoms with Crippen LogP contribution in [0.25, 0.3) is 0 Å². The Kier molecular flexibility index (Phi) is 10.0. The SMILES string of the molecule is CC(C)(C)c1cc(C(=O)CN2Cc3ccc(CO)nc3C2=N)cc(OCCCC#N)c1OCCCCC(=O)O. The van der Waals surface area contributed by atoms with Gasteiger partial charge in [-0.25, -0.2) is 4.98 Å². The third kappa shape index (κ3) is 7.77. The summed E-state index contributed by atoms with van der Waals surface area (Å²) in [6, 6.07) is 9.07. The number of rotatable bonds is 14. The summed E-state index contributed by atoms with van der Waals surface area (Å²) in [6.45, 7) is 6.70. The number of hydrogen-bond acceptors (Lipinski definition) is 8. The second kappa shape index (κ2) is 13.2. The van der Waals surface area contributed by atoms with Crippen molar-refractivity contribution in [2.24, 2.45) is 0 Å². The molecule has 208 valence electrons. The largest absolute Gasteiger partial charge is 0.490 e. The predicted molar refractivity (Wildman–Crippen MR) is 144 cm³/mol. The van der Waals surface area contributed by atoms with Gasteiger partial charge in [0.1, 0.15) is 11.5 Å². The molecule has 2 aromatic rings. The van der Waals surface area contributed by atoms with Crippen LogP contribution in [0.3, 0.4) is 0 Å². The summed E-state index contributed by atoms with van der Waals surface area (Å²) >= 11 is 0. The second-order valence-corrected chi connectivity index (χ2v) is 10.5. The average molecular weight is 537 g/mol. The van der Waals surface area contributed by atoms with E-state index in [4.69, 9.17) is 25.3 Å². The number of fused-ring (bicyclic) bond motifs is 1. The number of aliphatic carboxylic acids is 1. The topological polar surface area (TPSA) is 157 Å². The Balaban J connectivity index is 1.86. The molecule has 2 heterocycles. The molecule has 0 fully saturated rings. The molecule has 10 heteroatoms. The van der Waals surface area contributed by atoms with Crippen molar-refractivity contribution in [2.75, 3.05) is 19.8 Å². The maximum atomic E-state index is 13.5. The molecule has 1 aliphatic heterocycles. The number of Topliss-reactive ketones (excluding diaryl/α,β-unsaturated/α-hetero) is 1. The Bertz CT molecular complexity index is 1260. The number of aliphatic hydroxyl groups is 1. The Morgan fingerprint density at radius 1 is 1.15 bits per heavy atom. The number of carboxylic acid groups (broad SMARTS) is 1. The highest BCUT2D eigenvalue weighted by molar-refractivity contribution is 6.04. The first-order chi connectivity index (χ1) is 18.5. The Labute approximate surface area is 228 Å². The van der Waals surface area contributed by atoms with E-state index in [-0.39, 0.29) is 37.8 Å². The highest BCUT2D eigenvalue weighted by atomic mass is 16.5. The molecule has 1 aromatic heterocycles. The number of nitrogens with one attached hydrogen (secondary N) is 1. The van der Waals surface area contributed by atoms with Crippen molar-refractivity contribution in [2.45, 2.75) is 71.4 Å². The van der Waals surface area contributed by atoms with E-state index >= 15 is 0 Å². The van der Waals surface area contributed by atoms with Crippen LogP contribution >= 0.6 is 0 Å². The molecule has 0 bridgehead atoms. The molecule has 3 rings (SSSR count). The zero-order chi connectivity index (χ0) is 28.6. The van der Waals surface area contributed by atoms with Crippen molar-refractivity contribution >= 4 is 17.6 Å². The molecule has 0 spiro atoms. The van der Waals surface area contributed by atoms with Gasteiger partial charge >= 0.3 is 5.97 Å².